The van der Waals surface area contributed by atoms with Gasteiger partial charge >= 0.3 is 11.5 Å². The second kappa shape index (κ2) is 16.5. The Bertz CT molecular complexity index is 2540. The molecule has 0 atom stereocenters. The van der Waals surface area contributed by atoms with Gasteiger partial charge in [0, 0.05) is 11.1 Å². The van der Waals surface area contributed by atoms with Crippen LogP contribution in [0.3, 0.4) is 0 Å². The Hall–Kier alpha value is -5.26. The van der Waals surface area contributed by atoms with Gasteiger partial charge in [-0.1, -0.05) is 47.5 Å². The SMILES string of the molecule is COc1cc(C2=CC(=CC3=C(O)C(=Cc4cc(-c5cc(OC)c(Br)c(OC)c5)[o+]c(-c5ccccc5Cl)c4)C3=O)C=C(c3ccccc3Cl)O2)cc(OC)c1Br. The van der Waals surface area contributed by atoms with Crippen LogP contribution in [0.2, 0.25) is 10.0 Å². The molecule has 0 bridgehead atoms. The van der Waals surface area contributed by atoms with Crippen LogP contribution in [0, 0.1) is 0 Å². The number of aliphatic hydroxyl groups is 1. The standard InChI is InChI=1S/C44H30Br2Cl2O8/c1-51-37-19-25(20-38(52-2)41(37)45)33-15-23(17-35(55-33)27-9-5-7-11-31(27)47)13-29-43(49)30(44(29)50)14-24-16-34(26-21-39(53-3)42(46)40(22-26)54-4)56-36(18-24)28-10-6-8-12-32(28)48/h5-22H,1-4H3/p+1. The molecule has 0 fully saturated rings. The molecule has 7 rings (SSSR count). The lowest BCUT2D eigenvalue weighted by Crippen LogP contribution is -2.21. The molecule has 8 nitrogen and oxygen atoms in total. The number of benzene rings is 4. The summed E-state index contributed by atoms with van der Waals surface area (Å²) in [6, 6.07) is 25.3. The molecule has 0 radical (unpaired) electrons. The molecule has 1 N–H and O–H groups in total. The number of ketones is 1. The highest BCUT2D eigenvalue weighted by atomic mass is 79.9. The average molecular weight is 918 g/mol. The Morgan fingerprint density at radius 1 is 0.661 bits per heavy atom. The summed E-state index contributed by atoms with van der Waals surface area (Å²) >= 11 is 20.2. The first-order valence-corrected chi connectivity index (χ1v) is 19.2. The van der Waals surface area contributed by atoms with Gasteiger partial charge in [-0.3, -0.25) is 4.79 Å². The van der Waals surface area contributed by atoms with E-state index < -0.39 is 0 Å². The number of carbonyl (C=O) groups excluding carboxylic acids is 1. The molecule has 56 heavy (non-hydrogen) atoms. The van der Waals surface area contributed by atoms with E-state index in [2.05, 4.69) is 31.9 Å². The lowest BCUT2D eigenvalue weighted by molar-refractivity contribution is -0.113. The van der Waals surface area contributed by atoms with Crippen molar-refractivity contribution in [3.63, 3.8) is 0 Å². The molecule has 0 unspecified atom stereocenters. The van der Waals surface area contributed by atoms with Crippen LogP contribution in [0.5, 0.6) is 23.0 Å². The van der Waals surface area contributed by atoms with E-state index in [1.54, 1.807) is 101 Å². The highest BCUT2D eigenvalue weighted by molar-refractivity contribution is 9.11. The molecular weight excluding hydrogens is 887 g/mol. The van der Waals surface area contributed by atoms with E-state index in [4.69, 9.17) is 51.3 Å². The molecule has 1 aromatic heterocycles. The average Bonchev–Trinajstić information content (AvgIpc) is 3.22. The summed E-state index contributed by atoms with van der Waals surface area (Å²) in [4.78, 5) is 13.8. The van der Waals surface area contributed by atoms with Gasteiger partial charge in [-0.15, -0.1) is 0 Å². The molecule has 0 saturated carbocycles. The molecule has 2 heterocycles. The van der Waals surface area contributed by atoms with Crippen LogP contribution >= 0.6 is 55.1 Å². The molecule has 12 heteroatoms. The lowest BCUT2D eigenvalue weighted by atomic mass is 9.85. The van der Waals surface area contributed by atoms with Crippen LogP contribution in [0.25, 0.3) is 40.2 Å². The van der Waals surface area contributed by atoms with Crippen LogP contribution < -0.4 is 18.9 Å². The van der Waals surface area contributed by atoms with Gasteiger partial charge < -0.3 is 28.8 Å². The summed E-state index contributed by atoms with van der Waals surface area (Å²) in [6.07, 6.45) is 6.75. The third-order valence-corrected chi connectivity index (χ3v) is 11.2. The second-order valence-corrected chi connectivity index (χ2v) is 14.8. The van der Waals surface area contributed by atoms with Gasteiger partial charge in [-0.05, 0) is 116 Å². The first kappa shape index (κ1) is 39.0. The monoisotopic (exact) mass is 915 g/mol. The Balaban J connectivity index is 1.33. The summed E-state index contributed by atoms with van der Waals surface area (Å²) in [6.45, 7) is 0. The number of halogens is 4. The molecule has 0 amide bonds. The van der Waals surface area contributed by atoms with Crippen molar-refractivity contribution in [2.75, 3.05) is 28.4 Å². The molecular formula is C44H31Br2Cl2O8+. The molecule has 1 aliphatic heterocycles. The molecule has 0 saturated heterocycles. The Labute approximate surface area is 349 Å². The highest BCUT2D eigenvalue weighted by Gasteiger charge is 2.34. The topological polar surface area (TPSA) is 94.8 Å². The maximum Gasteiger partial charge on any atom is 0.362 e. The Kier molecular flexibility index (Phi) is 11.5. The summed E-state index contributed by atoms with van der Waals surface area (Å²) in [5.74, 6) is 3.35. The van der Waals surface area contributed by atoms with Gasteiger partial charge in [0.25, 0.3) is 0 Å². The number of hydrogen-bond acceptors (Lipinski definition) is 7. The lowest BCUT2D eigenvalue weighted by Gasteiger charge is -2.23. The van der Waals surface area contributed by atoms with Crippen molar-refractivity contribution in [1.29, 1.82) is 0 Å². The number of aliphatic hydroxyl groups excluding tert-OH is 1. The minimum absolute atomic E-state index is 0.124. The fraction of sp³-hybridized carbons (Fsp3) is 0.0909. The number of rotatable bonds is 10. The summed E-state index contributed by atoms with van der Waals surface area (Å²) in [7, 11) is 6.22. The quantitative estimate of drug-likeness (QED) is 0.109. The predicted molar refractivity (Wildman–Crippen MR) is 226 cm³/mol. The summed E-state index contributed by atoms with van der Waals surface area (Å²) < 4.78 is 36.4. The first-order chi connectivity index (χ1) is 27.0. The molecule has 4 aromatic carbocycles. The zero-order valence-electron chi connectivity index (χ0n) is 30.2. The van der Waals surface area contributed by atoms with E-state index in [1.165, 1.54) is 0 Å². The third-order valence-electron chi connectivity index (χ3n) is 8.99. The highest BCUT2D eigenvalue weighted by Crippen LogP contribution is 2.44. The van der Waals surface area contributed by atoms with E-state index in [0.29, 0.717) is 98.4 Å². The van der Waals surface area contributed by atoms with E-state index >= 15 is 0 Å². The van der Waals surface area contributed by atoms with Crippen LogP contribution in [0.4, 0.5) is 0 Å². The molecule has 1 aliphatic carbocycles. The minimum Gasteiger partial charge on any atom is -0.506 e. The Morgan fingerprint density at radius 2 is 1.16 bits per heavy atom. The number of methoxy groups -OCH3 is 4. The predicted octanol–water partition coefficient (Wildman–Crippen LogP) is 12.6. The summed E-state index contributed by atoms with van der Waals surface area (Å²) in [5, 5.41) is 12.4. The zero-order valence-corrected chi connectivity index (χ0v) is 34.9. The van der Waals surface area contributed by atoms with Gasteiger partial charge in [0.2, 0.25) is 5.78 Å². The van der Waals surface area contributed by atoms with E-state index in [0.717, 1.165) is 0 Å². The molecule has 5 aromatic rings. The van der Waals surface area contributed by atoms with Crippen molar-refractivity contribution in [2.24, 2.45) is 0 Å². The van der Waals surface area contributed by atoms with Crippen molar-refractivity contribution in [2.45, 2.75) is 0 Å². The van der Waals surface area contributed by atoms with Gasteiger partial charge in [-0.25, -0.2) is 4.42 Å². The van der Waals surface area contributed by atoms with E-state index in [-0.39, 0.29) is 22.7 Å². The number of allylic oxidation sites excluding steroid dienone is 6. The molecule has 0 spiro atoms. The van der Waals surface area contributed by atoms with Crippen molar-refractivity contribution in [3.8, 4) is 45.6 Å². The largest absolute Gasteiger partial charge is 0.506 e. The second-order valence-electron chi connectivity index (χ2n) is 12.4. The summed E-state index contributed by atoms with van der Waals surface area (Å²) in [5.41, 5.74) is 3.97. The molecule has 2 aliphatic rings. The number of Topliss-reactive ketones (excluding diaryl/α,β-unsaturated/α-hetero) is 1. The van der Waals surface area contributed by atoms with Crippen molar-refractivity contribution in [1.82, 2.24) is 0 Å². The van der Waals surface area contributed by atoms with Crippen LogP contribution in [-0.2, 0) is 9.53 Å². The van der Waals surface area contributed by atoms with Gasteiger partial charge in [-0.2, -0.15) is 0 Å². The normalized spacial score (nSPS) is 15.2. The van der Waals surface area contributed by atoms with Crippen LogP contribution in [0.1, 0.15) is 16.7 Å². The van der Waals surface area contributed by atoms with Gasteiger partial charge in [0.05, 0.1) is 72.9 Å². The van der Waals surface area contributed by atoms with Gasteiger partial charge in [0.15, 0.2) is 0 Å². The fourth-order valence-corrected chi connectivity index (χ4v) is 7.71. The van der Waals surface area contributed by atoms with Crippen molar-refractivity contribution < 1.29 is 38.0 Å². The van der Waals surface area contributed by atoms with Crippen LogP contribution in [-0.4, -0.2) is 39.3 Å². The maximum absolute atomic E-state index is 13.8. The molecule has 282 valence electrons. The van der Waals surface area contributed by atoms with E-state index in [9.17, 15) is 9.90 Å². The van der Waals surface area contributed by atoms with Crippen molar-refractivity contribution >= 4 is 78.4 Å². The number of ether oxygens (including phenoxy) is 5. The fourth-order valence-electron chi connectivity index (χ4n) is 6.15. The zero-order chi connectivity index (χ0) is 39.7. The van der Waals surface area contributed by atoms with Gasteiger partial charge in [0.1, 0.15) is 49.2 Å². The van der Waals surface area contributed by atoms with Crippen LogP contribution in [0.15, 0.2) is 139 Å². The number of carbonyl (C=O) groups is 1. The minimum atomic E-state index is -0.357. The first-order valence-electron chi connectivity index (χ1n) is 16.9. The number of hydrogen-bond donors (Lipinski definition) is 1. The Morgan fingerprint density at radius 3 is 1.70 bits per heavy atom. The maximum atomic E-state index is 13.8. The van der Waals surface area contributed by atoms with Crippen molar-refractivity contribution in [3.05, 3.63) is 161 Å². The smallest absolute Gasteiger partial charge is 0.362 e. The third kappa shape index (κ3) is 7.62. The van der Waals surface area contributed by atoms with E-state index in [1.807, 2.05) is 36.4 Å².